The topological polar surface area (TPSA) is 93.0 Å². The van der Waals surface area contributed by atoms with Crippen LogP contribution in [0, 0.1) is 5.82 Å². The zero-order valence-corrected chi connectivity index (χ0v) is 18.9. The van der Waals surface area contributed by atoms with E-state index in [1.165, 1.54) is 52.4 Å². The molecule has 1 atom stereocenters. The molecule has 0 saturated carbocycles. The van der Waals surface area contributed by atoms with Crippen LogP contribution in [0.2, 0.25) is 5.02 Å². The minimum absolute atomic E-state index is 0.0804. The molecule has 4 aromatic rings. The molecular formula is C24H20ClFN6O2. The Hall–Kier alpha value is -4.11. The van der Waals surface area contributed by atoms with E-state index < -0.39 is 23.7 Å². The number of carbonyl (C=O) groups excluding carboxylic acids is 2. The molecule has 0 aliphatic carbocycles. The van der Waals surface area contributed by atoms with Gasteiger partial charge in [0.05, 0.1) is 6.20 Å². The fraction of sp³-hybridized carbons (Fsp3) is 0.125. The summed E-state index contributed by atoms with van der Waals surface area (Å²) in [5.74, 6) is -1.49. The quantitative estimate of drug-likeness (QED) is 0.433. The van der Waals surface area contributed by atoms with Gasteiger partial charge in [-0.2, -0.15) is 9.78 Å². The third-order valence-electron chi connectivity index (χ3n) is 4.97. The number of rotatable bonds is 7. The maximum Gasteiger partial charge on any atom is 0.278 e. The number of halogens is 2. The van der Waals surface area contributed by atoms with Gasteiger partial charge in [-0.1, -0.05) is 35.9 Å². The lowest BCUT2D eigenvalue weighted by molar-refractivity contribution is -0.122. The second kappa shape index (κ2) is 10.2. The van der Waals surface area contributed by atoms with E-state index in [4.69, 9.17) is 11.6 Å². The van der Waals surface area contributed by atoms with Gasteiger partial charge in [0.1, 0.15) is 17.6 Å². The Kier molecular flexibility index (Phi) is 6.93. The molecule has 0 saturated heterocycles. The van der Waals surface area contributed by atoms with Crippen LogP contribution in [0.5, 0.6) is 0 Å². The first-order valence-corrected chi connectivity index (χ1v) is 10.8. The molecule has 1 N–H and O–H groups in total. The van der Waals surface area contributed by atoms with Crippen molar-refractivity contribution < 1.29 is 14.0 Å². The molecule has 0 spiro atoms. The average molecular weight is 479 g/mol. The van der Waals surface area contributed by atoms with Gasteiger partial charge >= 0.3 is 0 Å². The molecule has 1 unspecified atom stereocenters. The summed E-state index contributed by atoms with van der Waals surface area (Å²) in [4.78, 5) is 36.8. The van der Waals surface area contributed by atoms with E-state index in [1.54, 1.807) is 43.3 Å². The Morgan fingerprint density at radius 3 is 2.53 bits per heavy atom. The SMILES string of the molecule is CCNC(=O)C(c1ccccc1Cl)N(C(=O)c1ccnn1-c1ncccn1)c1cccc(F)c1. The highest BCUT2D eigenvalue weighted by molar-refractivity contribution is 6.31. The smallest absolute Gasteiger partial charge is 0.278 e. The molecule has 0 aliphatic heterocycles. The Morgan fingerprint density at radius 1 is 1.06 bits per heavy atom. The van der Waals surface area contributed by atoms with Gasteiger partial charge in [-0.05, 0) is 43.3 Å². The number of nitrogens with zero attached hydrogens (tertiary/aromatic N) is 5. The number of amides is 2. The average Bonchev–Trinajstić information content (AvgIpc) is 3.33. The molecule has 2 aromatic heterocycles. The fourth-order valence-electron chi connectivity index (χ4n) is 3.52. The summed E-state index contributed by atoms with van der Waals surface area (Å²) in [6.45, 7) is 2.08. The summed E-state index contributed by atoms with van der Waals surface area (Å²) in [6, 6.07) is 14.1. The summed E-state index contributed by atoms with van der Waals surface area (Å²) in [5, 5.41) is 7.21. The molecular weight excluding hydrogens is 459 g/mol. The van der Waals surface area contributed by atoms with Gasteiger partial charge in [-0.3, -0.25) is 14.5 Å². The summed E-state index contributed by atoms with van der Waals surface area (Å²) in [6.07, 6.45) is 4.46. The zero-order valence-electron chi connectivity index (χ0n) is 18.1. The molecule has 172 valence electrons. The van der Waals surface area contributed by atoms with Gasteiger partial charge in [0, 0.05) is 35.2 Å². The maximum atomic E-state index is 14.3. The van der Waals surface area contributed by atoms with Crippen LogP contribution >= 0.6 is 11.6 Å². The number of hydrogen-bond acceptors (Lipinski definition) is 5. The Morgan fingerprint density at radius 2 is 1.82 bits per heavy atom. The third kappa shape index (κ3) is 4.65. The van der Waals surface area contributed by atoms with Crippen molar-refractivity contribution in [2.45, 2.75) is 13.0 Å². The minimum Gasteiger partial charge on any atom is -0.354 e. The van der Waals surface area contributed by atoms with Crippen molar-refractivity contribution in [3.63, 3.8) is 0 Å². The highest BCUT2D eigenvalue weighted by Crippen LogP contribution is 2.33. The second-order valence-electron chi connectivity index (χ2n) is 7.15. The monoisotopic (exact) mass is 478 g/mol. The van der Waals surface area contributed by atoms with Crippen molar-refractivity contribution in [1.82, 2.24) is 25.1 Å². The molecule has 0 aliphatic rings. The third-order valence-corrected chi connectivity index (χ3v) is 5.31. The van der Waals surface area contributed by atoms with Gasteiger partial charge < -0.3 is 5.32 Å². The first-order chi connectivity index (χ1) is 16.5. The molecule has 2 aromatic carbocycles. The summed E-state index contributed by atoms with van der Waals surface area (Å²) >= 11 is 6.45. The van der Waals surface area contributed by atoms with E-state index in [2.05, 4.69) is 20.4 Å². The van der Waals surface area contributed by atoms with Crippen LogP contribution in [0.4, 0.5) is 10.1 Å². The zero-order chi connectivity index (χ0) is 24.1. The predicted octanol–water partition coefficient (Wildman–Crippen LogP) is 3.98. The number of hydrogen-bond donors (Lipinski definition) is 1. The van der Waals surface area contributed by atoms with Crippen molar-refractivity contribution in [1.29, 1.82) is 0 Å². The van der Waals surface area contributed by atoms with Crippen LogP contribution in [-0.2, 0) is 4.79 Å². The number of benzene rings is 2. The van der Waals surface area contributed by atoms with Crippen LogP contribution in [-0.4, -0.2) is 38.1 Å². The Balaban J connectivity index is 1.91. The molecule has 8 nitrogen and oxygen atoms in total. The van der Waals surface area contributed by atoms with Gasteiger partial charge in [-0.15, -0.1) is 0 Å². The van der Waals surface area contributed by atoms with Crippen molar-refractivity contribution in [2.75, 3.05) is 11.4 Å². The summed E-state index contributed by atoms with van der Waals surface area (Å²) in [5.41, 5.74) is 0.634. The molecule has 2 amide bonds. The number of nitrogens with one attached hydrogen (secondary N) is 1. The normalized spacial score (nSPS) is 11.6. The van der Waals surface area contributed by atoms with Crippen molar-refractivity contribution in [3.8, 4) is 5.95 Å². The van der Waals surface area contributed by atoms with E-state index in [-0.39, 0.29) is 22.4 Å². The second-order valence-corrected chi connectivity index (χ2v) is 7.56. The van der Waals surface area contributed by atoms with E-state index in [1.807, 2.05) is 0 Å². The number of likely N-dealkylation sites (N-methyl/N-ethyl adjacent to an activating group) is 1. The van der Waals surface area contributed by atoms with Crippen LogP contribution in [0.1, 0.15) is 29.0 Å². The molecule has 0 fully saturated rings. The van der Waals surface area contributed by atoms with E-state index in [9.17, 15) is 14.0 Å². The lowest BCUT2D eigenvalue weighted by Gasteiger charge is -2.32. The Bertz CT molecular complexity index is 1310. The largest absolute Gasteiger partial charge is 0.354 e. The number of aromatic nitrogens is 4. The van der Waals surface area contributed by atoms with E-state index in [0.717, 1.165) is 0 Å². The highest BCUT2D eigenvalue weighted by atomic mass is 35.5. The molecule has 0 radical (unpaired) electrons. The molecule has 2 heterocycles. The standard InChI is InChI=1S/C24H20ClFN6O2/c1-2-27-22(33)21(18-9-3-4-10-19(18)25)31(17-8-5-7-16(26)15-17)23(34)20-11-14-30-32(20)24-28-12-6-13-29-24/h3-15,21H,2H2,1H3,(H,27,33). The van der Waals surface area contributed by atoms with Crippen LogP contribution in [0.15, 0.2) is 79.3 Å². The van der Waals surface area contributed by atoms with E-state index in [0.29, 0.717) is 12.1 Å². The maximum absolute atomic E-state index is 14.3. The lowest BCUT2D eigenvalue weighted by atomic mass is 10.0. The van der Waals surface area contributed by atoms with Gasteiger partial charge in [0.2, 0.25) is 5.91 Å². The summed E-state index contributed by atoms with van der Waals surface area (Å²) in [7, 11) is 0. The number of carbonyl (C=O) groups is 2. The van der Waals surface area contributed by atoms with Crippen molar-refractivity contribution in [2.24, 2.45) is 0 Å². The summed E-state index contributed by atoms with van der Waals surface area (Å²) < 4.78 is 15.5. The molecule has 34 heavy (non-hydrogen) atoms. The van der Waals surface area contributed by atoms with Crippen molar-refractivity contribution >= 4 is 29.1 Å². The molecule has 4 rings (SSSR count). The first-order valence-electron chi connectivity index (χ1n) is 10.4. The minimum atomic E-state index is -1.19. The van der Waals surface area contributed by atoms with Crippen LogP contribution < -0.4 is 10.2 Å². The molecule has 0 bridgehead atoms. The van der Waals surface area contributed by atoms with Gasteiger partial charge in [-0.25, -0.2) is 14.4 Å². The predicted molar refractivity (Wildman–Crippen MR) is 125 cm³/mol. The fourth-order valence-corrected chi connectivity index (χ4v) is 3.76. The van der Waals surface area contributed by atoms with E-state index >= 15 is 0 Å². The lowest BCUT2D eigenvalue weighted by Crippen LogP contribution is -2.44. The highest BCUT2D eigenvalue weighted by Gasteiger charge is 2.36. The number of anilines is 1. The Labute approximate surface area is 200 Å². The molecule has 10 heteroatoms. The van der Waals surface area contributed by atoms with Gasteiger partial charge in [0.15, 0.2) is 0 Å². The van der Waals surface area contributed by atoms with Gasteiger partial charge in [0.25, 0.3) is 11.9 Å². The van der Waals surface area contributed by atoms with Crippen LogP contribution in [0.25, 0.3) is 5.95 Å². The first kappa shape index (κ1) is 23.1. The van der Waals surface area contributed by atoms with Crippen molar-refractivity contribution in [3.05, 3.63) is 101 Å². The van der Waals surface area contributed by atoms with Crippen LogP contribution in [0.3, 0.4) is 0 Å².